The number of methoxy groups -OCH3 is 1. The molecule has 0 saturated heterocycles. The third-order valence-corrected chi connectivity index (χ3v) is 3.94. The summed E-state index contributed by atoms with van der Waals surface area (Å²) in [6.45, 7) is 4.98. The molecule has 1 aliphatic carbocycles. The van der Waals surface area contributed by atoms with E-state index < -0.39 is 5.60 Å². The lowest BCUT2D eigenvalue weighted by molar-refractivity contribution is 0.0282. The van der Waals surface area contributed by atoms with Gasteiger partial charge in [0.2, 0.25) is 0 Å². The smallest absolute Gasteiger partial charge is 0.162 e. The zero-order valence-electron chi connectivity index (χ0n) is 10.9. The first-order valence-corrected chi connectivity index (χ1v) is 6.47. The van der Waals surface area contributed by atoms with Crippen LogP contribution in [-0.2, 0) is 12.1 Å². The van der Waals surface area contributed by atoms with E-state index in [4.69, 9.17) is 4.74 Å². The highest BCUT2D eigenvalue weighted by molar-refractivity contribution is 5.31. The van der Waals surface area contributed by atoms with Crippen molar-refractivity contribution in [1.82, 2.24) is 9.78 Å². The van der Waals surface area contributed by atoms with Crippen LogP contribution in [0.15, 0.2) is 6.20 Å². The van der Waals surface area contributed by atoms with Crippen LogP contribution in [0.1, 0.15) is 45.2 Å². The summed E-state index contributed by atoms with van der Waals surface area (Å²) in [5.41, 5.74) is 0.108. The van der Waals surface area contributed by atoms with Crippen molar-refractivity contribution in [3.05, 3.63) is 11.9 Å². The largest absolute Gasteiger partial charge is 0.493 e. The van der Waals surface area contributed by atoms with E-state index in [2.05, 4.69) is 12.0 Å². The van der Waals surface area contributed by atoms with Crippen molar-refractivity contribution in [2.75, 3.05) is 7.11 Å². The Balaban J connectivity index is 2.35. The van der Waals surface area contributed by atoms with Gasteiger partial charge in [0, 0.05) is 6.54 Å². The Kier molecular flexibility index (Phi) is 3.43. The molecule has 2 atom stereocenters. The van der Waals surface area contributed by atoms with Gasteiger partial charge in [0.25, 0.3) is 0 Å². The minimum atomic E-state index is -0.751. The van der Waals surface area contributed by atoms with Gasteiger partial charge in [-0.1, -0.05) is 13.3 Å². The summed E-state index contributed by atoms with van der Waals surface area (Å²) in [6, 6.07) is 0. The van der Waals surface area contributed by atoms with Gasteiger partial charge in [0.05, 0.1) is 13.3 Å². The molecular formula is C13H22N2O2. The summed E-state index contributed by atoms with van der Waals surface area (Å²) in [5.74, 6) is 1.33. The molecule has 1 saturated carbocycles. The van der Waals surface area contributed by atoms with E-state index in [0.29, 0.717) is 11.7 Å². The van der Waals surface area contributed by atoms with Gasteiger partial charge in [-0.3, -0.25) is 4.68 Å². The average Bonchev–Trinajstić information content (AvgIpc) is 2.92. The summed E-state index contributed by atoms with van der Waals surface area (Å²) < 4.78 is 7.19. The molecule has 96 valence electrons. The van der Waals surface area contributed by atoms with Crippen LogP contribution in [0.4, 0.5) is 0 Å². The molecule has 2 rings (SSSR count). The molecule has 0 amide bonds. The molecule has 0 spiro atoms. The maximum Gasteiger partial charge on any atom is 0.162 e. The van der Waals surface area contributed by atoms with E-state index in [1.54, 1.807) is 13.3 Å². The maximum absolute atomic E-state index is 10.8. The van der Waals surface area contributed by atoms with Crippen LogP contribution in [0, 0.1) is 5.92 Å². The van der Waals surface area contributed by atoms with Crippen LogP contribution in [0.2, 0.25) is 0 Å². The fourth-order valence-corrected chi connectivity index (χ4v) is 2.92. The zero-order chi connectivity index (χ0) is 12.5. The van der Waals surface area contributed by atoms with Crippen molar-refractivity contribution in [3.63, 3.8) is 0 Å². The highest BCUT2D eigenvalue weighted by Gasteiger charge is 2.42. The van der Waals surface area contributed by atoms with E-state index in [1.165, 1.54) is 0 Å². The molecule has 0 aliphatic heterocycles. The van der Waals surface area contributed by atoms with Crippen molar-refractivity contribution in [2.45, 2.75) is 51.7 Å². The summed E-state index contributed by atoms with van der Waals surface area (Å²) >= 11 is 0. The number of ether oxygens (including phenoxy) is 1. The van der Waals surface area contributed by atoms with Crippen LogP contribution in [-0.4, -0.2) is 22.0 Å². The highest BCUT2D eigenvalue weighted by Crippen LogP contribution is 2.46. The molecule has 17 heavy (non-hydrogen) atoms. The Hall–Kier alpha value is -1.03. The molecule has 1 aliphatic rings. The van der Waals surface area contributed by atoms with Crippen LogP contribution >= 0.6 is 0 Å². The van der Waals surface area contributed by atoms with E-state index >= 15 is 0 Å². The lowest BCUT2D eigenvalue weighted by atomic mass is 9.94. The fraction of sp³-hybridized carbons (Fsp3) is 0.769. The monoisotopic (exact) mass is 238 g/mol. The fourth-order valence-electron chi connectivity index (χ4n) is 2.92. The van der Waals surface area contributed by atoms with E-state index in [0.717, 1.165) is 37.9 Å². The molecule has 1 aromatic heterocycles. The van der Waals surface area contributed by atoms with Gasteiger partial charge < -0.3 is 9.84 Å². The van der Waals surface area contributed by atoms with Crippen molar-refractivity contribution in [3.8, 4) is 5.75 Å². The van der Waals surface area contributed by atoms with Gasteiger partial charge in [0.1, 0.15) is 11.3 Å². The Labute approximate surface area is 103 Å². The molecule has 1 fully saturated rings. The second-order valence-corrected chi connectivity index (χ2v) is 4.93. The molecule has 0 radical (unpaired) electrons. The molecule has 0 bridgehead atoms. The average molecular weight is 238 g/mol. The molecule has 1 aromatic rings. The number of aryl methyl sites for hydroxylation is 1. The number of rotatable bonds is 4. The lowest BCUT2D eigenvalue weighted by Crippen LogP contribution is -2.26. The number of aromatic nitrogens is 2. The zero-order valence-corrected chi connectivity index (χ0v) is 10.9. The number of hydrogen-bond acceptors (Lipinski definition) is 3. The normalized spacial score (nSPS) is 28.6. The summed E-state index contributed by atoms with van der Waals surface area (Å²) in [6.07, 6.45) is 5.56. The third-order valence-electron chi connectivity index (χ3n) is 3.94. The minimum Gasteiger partial charge on any atom is -0.493 e. The van der Waals surface area contributed by atoms with Crippen molar-refractivity contribution < 1.29 is 9.84 Å². The van der Waals surface area contributed by atoms with Gasteiger partial charge in [-0.2, -0.15) is 5.10 Å². The minimum absolute atomic E-state index is 0.616. The summed E-state index contributed by atoms with van der Waals surface area (Å²) in [7, 11) is 1.64. The predicted molar refractivity (Wildman–Crippen MR) is 66.0 cm³/mol. The summed E-state index contributed by atoms with van der Waals surface area (Å²) in [4.78, 5) is 0. The molecule has 1 heterocycles. The van der Waals surface area contributed by atoms with E-state index in [1.807, 2.05) is 11.6 Å². The second kappa shape index (κ2) is 4.69. The molecule has 0 aromatic carbocycles. The first-order chi connectivity index (χ1) is 8.14. The Bertz CT molecular complexity index is 367. The van der Waals surface area contributed by atoms with Crippen molar-refractivity contribution >= 4 is 0 Å². The standard InChI is InChI=1S/C13H22N2O2/c1-4-10-6-7-13(16,8-10)12-11(17-3)9-14-15(12)5-2/h9-10,16H,4-8H2,1-3H3. The molecule has 1 N–H and O–H groups in total. The second-order valence-electron chi connectivity index (χ2n) is 4.93. The van der Waals surface area contributed by atoms with Crippen molar-refractivity contribution in [2.24, 2.45) is 5.92 Å². The first-order valence-electron chi connectivity index (χ1n) is 6.47. The van der Waals surface area contributed by atoms with E-state index in [9.17, 15) is 5.11 Å². The maximum atomic E-state index is 10.8. The molecule has 4 nitrogen and oxygen atoms in total. The van der Waals surface area contributed by atoms with Gasteiger partial charge in [0.15, 0.2) is 5.75 Å². The molecule has 2 unspecified atom stereocenters. The van der Waals surface area contributed by atoms with Gasteiger partial charge >= 0.3 is 0 Å². The topological polar surface area (TPSA) is 47.3 Å². The van der Waals surface area contributed by atoms with Gasteiger partial charge in [-0.25, -0.2) is 0 Å². The number of nitrogens with zero attached hydrogens (tertiary/aromatic N) is 2. The summed E-state index contributed by atoms with van der Waals surface area (Å²) in [5, 5.41) is 15.1. The Morgan fingerprint density at radius 2 is 2.35 bits per heavy atom. The Morgan fingerprint density at radius 1 is 1.59 bits per heavy atom. The SMILES string of the molecule is CCC1CCC(O)(c2c(OC)cnn2CC)C1. The third kappa shape index (κ3) is 2.06. The Morgan fingerprint density at radius 3 is 2.88 bits per heavy atom. The first kappa shape index (κ1) is 12.4. The highest BCUT2D eigenvalue weighted by atomic mass is 16.5. The molecule has 4 heteroatoms. The van der Waals surface area contributed by atoms with Crippen molar-refractivity contribution in [1.29, 1.82) is 0 Å². The van der Waals surface area contributed by atoms with E-state index in [-0.39, 0.29) is 0 Å². The number of aliphatic hydroxyl groups is 1. The van der Waals surface area contributed by atoms with Crippen LogP contribution < -0.4 is 4.74 Å². The van der Waals surface area contributed by atoms with Gasteiger partial charge in [-0.05, 0) is 32.1 Å². The molecular weight excluding hydrogens is 216 g/mol. The van der Waals surface area contributed by atoms with Crippen LogP contribution in [0.3, 0.4) is 0 Å². The van der Waals surface area contributed by atoms with Crippen LogP contribution in [0.25, 0.3) is 0 Å². The predicted octanol–water partition coefficient (Wildman–Crippen LogP) is 2.31. The van der Waals surface area contributed by atoms with Gasteiger partial charge in [-0.15, -0.1) is 0 Å². The van der Waals surface area contributed by atoms with Crippen LogP contribution in [0.5, 0.6) is 5.75 Å². The lowest BCUT2D eigenvalue weighted by Gasteiger charge is -2.24. The number of hydrogen-bond donors (Lipinski definition) is 1. The quantitative estimate of drug-likeness (QED) is 0.875.